The number of alkyl carbamates (subject to hydrolysis) is 1. The topological polar surface area (TPSA) is 112 Å². The van der Waals surface area contributed by atoms with Gasteiger partial charge in [-0.15, -0.1) is 21.5 Å². The zero-order valence-electron chi connectivity index (χ0n) is 11.1. The lowest BCUT2D eigenvalue weighted by Gasteiger charge is -2.04. The van der Waals surface area contributed by atoms with Gasteiger partial charge in [-0.3, -0.25) is 10.1 Å². The van der Waals surface area contributed by atoms with E-state index in [0.717, 1.165) is 16.6 Å². The van der Waals surface area contributed by atoms with E-state index in [1.165, 1.54) is 16.0 Å². The first kappa shape index (κ1) is 15.3. The number of thioether (sulfide) groups is 1. The molecule has 0 unspecified atom stereocenters. The monoisotopic (exact) mass is 327 g/mol. The lowest BCUT2D eigenvalue weighted by Crippen LogP contribution is -2.32. The van der Waals surface area contributed by atoms with Crippen molar-refractivity contribution in [2.75, 3.05) is 18.2 Å². The van der Waals surface area contributed by atoms with Gasteiger partial charge in [-0.2, -0.15) is 0 Å². The Morgan fingerprint density at radius 1 is 1.52 bits per heavy atom. The van der Waals surface area contributed by atoms with Gasteiger partial charge in [-0.05, 0) is 18.4 Å². The number of hydrogen-bond acceptors (Lipinski definition) is 8. The van der Waals surface area contributed by atoms with Crippen molar-refractivity contribution >= 4 is 35.1 Å². The third-order valence-electron chi connectivity index (χ3n) is 2.26. The van der Waals surface area contributed by atoms with Crippen LogP contribution in [0.2, 0.25) is 0 Å². The standard InChI is InChI=1S/C11H13N5O3S2/c1-2-19-11(18)13-8(17)6-21-10-15-14-9(16(10)12)7-4-3-5-20-7/h3-5H,2,6,12H2,1H3,(H,13,17,18). The van der Waals surface area contributed by atoms with Crippen molar-refractivity contribution in [2.45, 2.75) is 12.1 Å². The molecule has 0 fully saturated rings. The molecule has 0 radical (unpaired) electrons. The predicted molar refractivity (Wildman–Crippen MR) is 79.4 cm³/mol. The van der Waals surface area contributed by atoms with E-state index < -0.39 is 12.0 Å². The lowest BCUT2D eigenvalue weighted by molar-refractivity contribution is -0.117. The van der Waals surface area contributed by atoms with Crippen molar-refractivity contribution in [2.24, 2.45) is 0 Å². The number of ether oxygens (including phenoxy) is 1. The van der Waals surface area contributed by atoms with Gasteiger partial charge in [0.15, 0.2) is 5.82 Å². The highest BCUT2D eigenvalue weighted by molar-refractivity contribution is 7.99. The van der Waals surface area contributed by atoms with Gasteiger partial charge < -0.3 is 10.6 Å². The van der Waals surface area contributed by atoms with Crippen LogP contribution in [0.15, 0.2) is 22.7 Å². The van der Waals surface area contributed by atoms with Gasteiger partial charge in [0.1, 0.15) is 0 Å². The molecular formula is C11H13N5O3S2. The largest absolute Gasteiger partial charge is 0.450 e. The molecule has 0 spiro atoms. The fourth-order valence-corrected chi connectivity index (χ4v) is 2.76. The predicted octanol–water partition coefficient (Wildman–Crippen LogP) is 1.09. The molecule has 2 aromatic rings. The molecule has 2 aromatic heterocycles. The van der Waals surface area contributed by atoms with Gasteiger partial charge in [0.05, 0.1) is 17.2 Å². The second-order valence-corrected chi connectivity index (χ2v) is 5.60. The first-order valence-electron chi connectivity index (χ1n) is 5.95. The molecule has 0 aromatic carbocycles. The smallest absolute Gasteiger partial charge is 0.413 e. The fourth-order valence-electron chi connectivity index (χ4n) is 1.40. The van der Waals surface area contributed by atoms with Crippen molar-refractivity contribution in [3.05, 3.63) is 17.5 Å². The number of nitrogens with one attached hydrogen (secondary N) is 1. The van der Waals surface area contributed by atoms with Crippen molar-refractivity contribution in [3.63, 3.8) is 0 Å². The maximum Gasteiger partial charge on any atom is 0.413 e. The molecule has 3 N–H and O–H groups in total. The second-order valence-electron chi connectivity index (χ2n) is 3.71. The van der Waals surface area contributed by atoms with E-state index in [1.54, 1.807) is 6.92 Å². The molecule has 0 saturated carbocycles. The summed E-state index contributed by atoms with van der Waals surface area (Å²) in [6.45, 7) is 1.86. The molecule has 0 saturated heterocycles. The Bertz CT molecular complexity index is 626. The van der Waals surface area contributed by atoms with Crippen LogP contribution in [-0.2, 0) is 9.53 Å². The number of hydrogen-bond donors (Lipinski definition) is 2. The third kappa shape index (κ3) is 3.95. The summed E-state index contributed by atoms with van der Waals surface area (Å²) in [6, 6.07) is 3.76. The normalized spacial score (nSPS) is 10.3. The van der Waals surface area contributed by atoms with E-state index in [9.17, 15) is 9.59 Å². The molecule has 2 rings (SSSR count). The molecular weight excluding hydrogens is 314 g/mol. The van der Waals surface area contributed by atoms with Crippen LogP contribution in [0.25, 0.3) is 10.7 Å². The van der Waals surface area contributed by atoms with Crippen LogP contribution >= 0.6 is 23.1 Å². The summed E-state index contributed by atoms with van der Waals surface area (Å²) >= 11 is 2.57. The van der Waals surface area contributed by atoms with Crippen molar-refractivity contribution in [1.82, 2.24) is 20.2 Å². The Balaban J connectivity index is 1.92. The van der Waals surface area contributed by atoms with E-state index in [2.05, 4.69) is 20.3 Å². The molecule has 112 valence electrons. The average molecular weight is 327 g/mol. The Hall–Kier alpha value is -2.07. The van der Waals surface area contributed by atoms with Gasteiger partial charge in [-0.25, -0.2) is 9.47 Å². The summed E-state index contributed by atoms with van der Waals surface area (Å²) in [4.78, 5) is 23.5. The van der Waals surface area contributed by atoms with Crippen LogP contribution < -0.4 is 11.2 Å². The number of nitrogens with zero attached hydrogens (tertiary/aromatic N) is 3. The maximum atomic E-state index is 11.5. The van der Waals surface area contributed by atoms with Gasteiger partial charge >= 0.3 is 6.09 Å². The van der Waals surface area contributed by atoms with Crippen molar-refractivity contribution in [1.29, 1.82) is 0 Å². The highest BCUT2D eigenvalue weighted by atomic mass is 32.2. The number of nitrogen functional groups attached to an aromatic ring is 1. The van der Waals surface area contributed by atoms with Crippen LogP contribution in [0.5, 0.6) is 0 Å². The van der Waals surface area contributed by atoms with E-state index in [-0.39, 0.29) is 12.4 Å². The molecule has 2 heterocycles. The van der Waals surface area contributed by atoms with Crippen LogP contribution in [0.1, 0.15) is 6.92 Å². The summed E-state index contributed by atoms with van der Waals surface area (Å²) in [5.41, 5.74) is 0. The summed E-state index contributed by atoms with van der Waals surface area (Å²) in [7, 11) is 0. The summed E-state index contributed by atoms with van der Waals surface area (Å²) in [5.74, 6) is 5.91. The number of carbonyl (C=O) groups is 2. The van der Waals surface area contributed by atoms with Crippen LogP contribution in [0.4, 0.5) is 4.79 Å². The van der Waals surface area contributed by atoms with E-state index in [4.69, 9.17) is 5.84 Å². The average Bonchev–Trinajstić information content (AvgIpc) is 3.06. The van der Waals surface area contributed by atoms with Gasteiger partial charge in [-0.1, -0.05) is 17.8 Å². The number of thiophene rings is 1. The third-order valence-corrected chi connectivity index (χ3v) is 4.06. The number of imide groups is 1. The van der Waals surface area contributed by atoms with Gasteiger partial charge in [0.25, 0.3) is 0 Å². The number of carbonyl (C=O) groups excluding carboxylic acids is 2. The number of amides is 2. The second kappa shape index (κ2) is 7.09. The highest BCUT2D eigenvalue weighted by Crippen LogP contribution is 2.24. The molecule has 0 atom stereocenters. The van der Waals surface area contributed by atoms with Crippen LogP contribution in [0, 0.1) is 0 Å². The van der Waals surface area contributed by atoms with E-state index in [0.29, 0.717) is 11.0 Å². The summed E-state index contributed by atoms with van der Waals surface area (Å²) in [5, 5.41) is 12.3. The lowest BCUT2D eigenvalue weighted by atomic mass is 10.4. The quantitative estimate of drug-likeness (QED) is 0.624. The zero-order valence-corrected chi connectivity index (χ0v) is 12.7. The molecule has 0 bridgehead atoms. The summed E-state index contributed by atoms with van der Waals surface area (Å²) < 4.78 is 5.92. The zero-order chi connectivity index (χ0) is 15.2. The first-order chi connectivity index (χ1) is 10.1. The van der Waals surface area contributed by atoms with Gasteiger partial charge in [0, 0.05) is 0 Å². The van der Waals surface area contributed by atoms with Crippen LogP contribution in [0.3, 0.4) is 0 Å². The number of aromatic nitrogens is 3. The fraction of sp³-hybridized carbons (Fsp3) is 0.273. The Labute approximate surface area is 128 Å². The molecule has 0 aliphatic heterocycles. The minimum Gasteiger partial charge on any atom is -0.450 e. The molecule has 0 aliphatic carbocycles. The SMILES string of the molecule is CCOC(=O)NC(=O)CSc1nnc(-c2cccs2)n1N. The minimum atomic E-state index is -0.767. The molecule has 8 nitrogen and oxygen atoms in total. The van der Waals surface area contributed by atoms with Crippen molar-refractivity contribution in [3.8, 4) is 10.7 Å². The first-order valence-corrected chi connectivity index (χ1v) is 7.82. The number of nitrogens with two attached hydrogens (primary N) is 1. The maximum absolute atomic E-state index is 11.5. The molecule has 2 amide bonds. The highest BCUT2D eigenvalue weighted by Gasteiger charge is 2.15. The Morgan fingerprint density at radius 3 is 3.00 bits per heavy atom. The summed E-state index contributed by atoms with van der Waals surface area (Å²) in [6.07, 6.45) is -0.767. The Kier molecular flexibility index (Phi) is 5.17. The minimum absolute atomic E-state index is 0.0153. The van der Waals surface area contributed by atoms with E-state index >= 15 is 0 Å². The molecule has 10 heteroatoms. The van der Waals surface area contributed by atoms with E-state index in [1.807, 2.05) is 17.5 Å². The molecule has 21 heavy (non-hydrogen) atoms. The number of rotatable bonds is 5. The van der Waals surface area contributed by atoms with Crippen LogP contribution in [-0.4, -0.2) is 39.2 Å². The van der Waals surface area contributed by atoms with Crippen molar-refractivity contribution < 1.29 is 14.3 Å². The molecule has 0 aliphatic rings. The Morgan fingerprint density at radius 2 is 2.33 bits per heavy atom. The van der Waals surface area contributed by atoms with Gasteiger partial charge in [0.2, 0.25) is 11.1 Å².